The van der Waals surface area contributed by atoms with Crippen LogP contribution in [0.3, 0.4) is 0 Å². The fourth-order valence-electron chi connectivity index (χ4n) is 2.02. The van der Waals surface area contributed by atoms with Gasteiger partial charge in [-0.15, -0.1) is 0 Å². The number of halogens is 3. The van der Waals surface area contributed by atoms with Crippen molar-refractivity contribution in [2.75, 3.05) is 36.5 Å². The second-order valence-electron chi connectivity index (χ2n) is 4.86. The van der Waals surface area contributed by atoms with E-state index in [0.717, 1.165) is 0 Å². The summed E-state index contributed by atoms with van der Waals surface area (Å²) in [7, 11) is 0. The fraction of sp³-hybridized carbons (Fsp3) is 0.385. The average molecular weight is 343 g/mol. The number of amides is 1. The number of anilines is 2. The van der Waals surface area contributed by atoms with Crippen LogP contribution in [-0.2, 0) is 10.9 Å². The summed E-state index contributed by atoms with van der Waals surface area (Å²) in [5.41, 5.74) is -0.256. The fourth-order valence-corrected chi connectivity index (χ4v) is 2.02. The number of hydrogen-bond acceptors (Lipinski definition) is 7. The molecule has 2 aromatic rings. The Morgan fingerprint density at radius 1 is 1.21 bits per heavy atom. The molecule has 0 unspecified atom stereocenters. The molecule has 0 aliphatic carbocycles. The van der Waals surface area contributed by atoms with Gasteiger partial charge < -0.3 is 19.4 Å². The normalized spacial score (nSPS) is 15.4. The molecule has 24 heavy (non-hydrogen) atoms. The third-order valence-corrected chi connectivity index (χ3v) is 3.17. The molecule has 0 spiro atoms. The lowest BCUT2D eigenvalue weighted by Crippen LogP contribution is -2.37. The lowest BCUT2D eigenvalue weighted by Gasteiger charge is -2.26. The highest BCUT2D eigenvalue weighted by Gasteiger charge is 2.37. The molecule has 0 bridgehead atoms. The molecule has 8 nitrogen and oxygen atoms in total. The van der Waals surface area contributed by atoms with Gasteiger partial charge in [0.1, 0.15) is 6.26 Å². The molecule has 1 aliphatic rings. The molecule has 1 aliphatic heterocycles. The zero-order chi connectivity index (χ0) is 17.2. The third-order valence-electron chi connectivity index (χ3n) is 3.17. The molecule has 1 fully saturated rings. The molecular formula is C13H12F3N5O3. The predicted octanol–water partition coefficient (Wildman–Crippen LogP) is 1.57. The summed E-state index contributed by atoms with van der Waals surface area (Å²) in [5.74, 6) is -1.85. The lowest BCUT2D eigenvalue weighted by atomic mass is 10.4. The number of rotatable bonds is 3. The van der Waals surface area contributed by atoms with E-state index in [4.69, 9.17) is 4.74 Å². The largest absolute Gasteiger partial charge is 0.468 e. The third kappa shape index (κ3) is 3.62. The molecule has 128 valence electrons. The van der Waals surface area contributed by atoms with Crippen molar-refractivity contribution in [2.45, 2.75) is 6.18 Å². The van der Waals surface area contributed by atoms with Crippen LogP contribution in [0.1, 0.15) is 16.4 Å². The summed E-state index contributed by atoms with van der Waals surface area (Å²) in [6, 6.07) is 0. The van der Waals surface area contributed by atoms with Gasteiger partial charge in [0.2, 0.25) is 5.95 Å². The molecule has 2 aromatic heterocycles. The highest BCUT2D eigenvalue weighted by molar-refractivity contribution is 6.02. The number of hydrogen-bond donors (Lipinski definition) is 1. The van der Waals surface area contributed by atoms with E-state index in [2.05, 4.69) is 24.7 Å². The minimum absolute atomic E-state index is 0.230. The van der Waals surface area contributed by atoms with Crippen LogP contribution in [0.4, 0.5) is 24.8 Å². The van der Waals surface area contributed by atoms with Crippen molar-refractivity contribution < 1.29 is 27.1 Å². The van der Waals surface area contributed by atoms with E-state index in [1.54, 1.807) is 0 Å². The molecule has 0 radical (unpaired) electrons. The van der Waals surface area contributed by atoms with Gasteiger partial charge in [-0.2, -0.15) is 13.2 Å². The Kier molecular flexibility index (Phi) is 4.34. The number of nitrogens with zero attached hydrogens (tertiary/aromatic N) is 4. The summed E-state index contributed by atoms with van der Waals surface area (Å²) in [6.45, 7) is 2.47. The number of ether oxygens (including phenoxy) is 1. The number of nitrogens with one attached hydrogen (secondary N) is 1. The lowest BCUT2D eigenvalue weighted by molar-refractivity contribution is -0.157. The van der Waals surface area contributed by atoms with Crippen molar-refractivity contribution in [3.05, 3.63) is 30.2 Å². The Bertz CT molecular complexity index is 710. The van der Waals surface area contributed by atoms with E-state index in [0.29, 0.717) is 38.5 Å². The number of oxazole rings is 1. The van der Waals surface area contributed by atoms with Crippen LogP contribution in [0, 0.1) is 0 Å². The quantitative estimate of drug-likeness (QED) is 0.904. The van der Waals surface area contributed by atoms with Crippen molar-refractivity contribution >= 4 is 17.5 Å². The van der Waals surface area contributed by atoms with Gasteiger partial charge in [-0.3, -0.25) is 4.79 Å². The molecule has 11 heteroatoms. The maximum atomic E-state index is 12.4. The van der Waals surface area contributed by atoms with Crippen LogP contribution in [0.15, 0.2) is 23.1 Å². The average Bonchev–Trinajstić information content (AvgIpc) is 3.07. The maximum Gasteiger partial charge on any atom is 0.468 e. The molecule has 1 N–H and O–H groups in total. The Morgan fingerprint density at radius 2 is 1.88 bits per heavy atom. The Hall–Kier alpha value is -2.69. The van der Waals surface area contributed by atoms with Crippen LogP contribution in [0.5, 0.6) is 0 Å². The first-order valence-corrected chi connectivity index (χ1v) is 6.92. The van der Waals surface area contributed by atoms with Gasteiger partial charge in [0, 0.05) is 13.1 Å². The minimum Gasteiger partial charge on any atom is -0.441 e. The minimum atomic E-state index is -4.75. The van der Waals surface area contributed by atoms with Gasteiger partial charge in [0.05, 0.1) is 31.3 Å². The molecule has 0 atom stereocenters. The van der Waals surface area contributed by atoms with Gasteiger partial charge in [-0.05, 0) is 0 Å². The first kappa shape index (κ1) is 16.2. The molecule has 0 saturated carbocycles. The molecule has 1 amide bonds. The summed E-state index contributed by atoms with van der Waals surface area (Å²) >= 11 is 0. The second-order valence-corrected chi connectivity index (χ2v) is 4.86. The standard InChI is InChI=1S/C13H12F3N5O3/c14-13(15,16)11-20-9(7-24-11)10(22)19-8-5-17-12(18-6-8)21-1-3-23-4-2-21/h5-7H,1-4H2,(H,19,22). The Labute approximate surface area is 133 Å². The van der Waals surface area contributed by atoms with Crippen LogP contribution < -0.4 is 10.2 Å². The van der Waals surface area contributed by atoms with Crippen molar-refractivity contribution in [1.82, 2.24) is 15.0 Å². The maximum absolute atomic E-state index is 12.4. The zero-order valence-corrected chi connectivity index (χ0v) is 12.2. The Morgan fingerprint density at radius 3 is 2.46 bits per heavy atom. The monoisotopic (exact) mass is 343 g/mol. The van der Waals surface area contributed by atoms with Gasteiger partial charge in [-0.1, -0.05) is 0 Å². The Balaban J connectivity index is 1.65. The summed E-state index contributed by atoms with van der Waals surface area (Å²) < 4.78 is 46.6. The van der Waals surface area contributed by atoms with E-state index >= 15 is 0 Å². The molecular weight excluding hydrogens is 331 g/mol. The van der Waals surface area contributed by atoms with Gasteiger partial charge in [-0.25, -0.2) is 15.0 Å². The highest BCUT2D eigenvalue weighted by Crippen LogP contribution is 2.28. The van der Waals surface area contributed by atoms with Gasteiger partial charge in [0.15, 0.2) is 5.69 Å². The van der Waals surface area contributed by atoms with Crippen molar-refractivity contribution in [2.24, 2.45) is 0 Å². The molecule has 1 saturated heterocycles. The van der Waals surface area contributed by atoms with Gasteiger partial charge >= 0.3 is 12.1 Å². The van der Waals surface area contributed by atoms with Gasteiger partial charge in [0.25, 0.3) is 5.91 Å². The first-order chi connectivity index (χ1) is 11.4. The van der Waals surface area contributed by atoms with Crippen molar-refractivity contribution in [3.8, 4) is 0 Å². The van der Waals surface area contributed by atoms with Crippen molar-refractivity contribution in [3.63, 3.8) is 0 Å². The highest BCUT2D eigenvalue weighted by atomic mass is 19.4. The number of alkyl halides is 3. The van der Waals surface area contributed by atoms with E-state index < -0.39 is 23.7 Å². The smallest absolute Gasteiger partial charge is 0.441 e. The summed E-state index contributed by atoms with van der Waals surface area (Å²) in [4.78, 5) is 25.1. The number of carbonyl (C=O) groups is 1. The molecule has 3 heterocycles. The summed E-state index contributed by atoms with van der Waals surface area (Å²) in [5, 5.41) is 2.36. The predicted molar refractivity (Wildman–Crippen MR) is 74.5 cm³/mol. The first-order valence-electron chi connectivity index (χ1n) is 6.92. The van der Waals surface area contributed by atoms with E-state index in [1.807, 2.05) is 4.90 Å². The van der Waals surface area contributed by atoms with E-state index in [-0.39, 0.29) is 5.69 Å². The number of aromatic nitrogens is 3. The molecule has 0 aromatic carbocycles. The second kappa shape index (κ2) is 6.43. The summed E-state index contributed by atoms with van der Waals surface area (Å²) in [6.07, 6.45) is -1.39. The van der Waals surface area contributed by atoms with Crippen LogP contribution in [0.25, 0.3) is 0 Å². The van der Waals surface area contributed by atoms with E-state index in [9.17, 15) is 18.0 Å². The van der Waals surface area contributed by atoms with Crippen LogP contribution >= 0.6 is 0 Å². The molecule has 3 rings (SSSR count). The number of morpholine rings is 1. The van der Waals surface area contributed by atoms with Crippen LogP contribution in [0.2, 0.25) is 0 Å². The van der Waals surface area contributed by atoms with Crippen LogP contribution in [-0.4, -0.2) is 47.2 Å². The van der Waals surface area contributed by atoms with E-state index in [1.165, 1.54) is 12.4 Å². The number of carbonyl (C=O) groups excluding carboxylic acids is 1. The topological polar surface area (TPSA) is 93.4 Å². The SMILES string of the molecule is O=C(Nc1cnc(N2CCOCC2)nc1)c1coc(C(F)(F)F)n1. The van der Waals surface area contributed by atoms with Crippen molar-refractivity contribution in [1.29, 1.82) is 0 Å². The zero-order valence-electron chi connectivity index (χ0n) is 12.2.